The first-order valence-corrected chi connectivity index (χ1v) is 7.11. The number of benzene rings is 1. The molecule has 21 heavy (non-hydrogen) atoms. The first kappa shape index (κ1) is 18.3. The van der Waals surface area contributed by atoms with Gasteiger partial charge in [-0.05, 0) is 50.0 Å². The van der Waals surface area contributed by atoms with E-state index in [1.807, 2.05) is 0 Å². The van der Waals surface area contributed by atoms with Gasteiger partial charge in [-0.2, -0.15) is 13.2 Å². The van der Waals surface area contributed by atoms with E-state index in [-0.39, 0.29) is 12.4 Å². The molecule has 0 amide bonds. The number of rotatable bonds is 4. The number of hydrogen-bond donors (Lipinski definition) is 1. The van der Waals surface area contributed by atoms with Crippen LogP contribution < -0.4 is 5.73 Å². The molecule has 0 bridgehead atoms. The van der Waals surface area contributed by atoms with Crippen molar-refractivity contribution in [2.45, 2.75) is 44.4 Å². The van der Waals surface area contributed by atoms with Gasteiger partial charge in [0.15, 0.2) is 0 Å². The zero-order valence-electron chi connectivity index (χ0n) is 11.9. The lowest BCUT2D eigenvalue weighted by molar-refractivity contribution is -0.137. The van der Waals surface area contributed by atoms with Gasteiger partial charge < -0.3 is 5.73 Å². The minimum Gasteiger partial charge on any atom is -0.330 e. The van der Waals surface area contributed by atoms with Crippen LogP contribution in [0.5, 0.6) is 0 Å². The fourth-order valence-electron chi connectivity index (χ4n) is 2.82. The molecule has 0 aliphatic carbocycles. The lowest BCUT2D eigenvalue weighted by Crippen LogP contribution is -2.40. The van der Waals surface area contributed by atoms with E-state index in [1.54, 1.807) is 12.1 Å². The highest BCUT2D eigenvalue weighted by atomic mass is 35.5. The summed E-state index contributed by atoms with van der Waals surface area (Å²) in [5.41, 5.74) is 5.98. The number of halogens is 4. The Morgan fingerprint density at radius 2 is 1.81 bits per heavy atom. The first-order valence-electron chi connectivity index (χ1n) is 7.11. The summed E-state index contributed by atoms with van der Waals surface area (Å²) in [6, 6.07) is 5.96. The van der Waals surface area contributed by atoms with Gasteiger partial charge >= 0.3 is 6.18 Å². The van der Waals surface area contributed by atoms with E-state index in [2.05, 4.69) is 4.90 Å². The maximum absolute atomic E-state index is 12.5. The number of alkyl halides is 3. The molecule has 0 spiro atoms. The van der Waals surface area contributed by atoms with Crippen LogP contribution in [0.3, 0.4) is 0 Å². The van der Waals surface area contributed by atoms with Crippen LogP contribution in [-0.2, 0) is 12.7 Å². The quantitative estimate of drug-likeness (QED) is 0.913. The van der Waals surface area contributed by atoms with Gasteiger partial charge in [0.1, 0.15) is 0 Å². The molecule has 2 N–H and O–H groups in total. The molecule has 1 aromatic rings. The van der Waals surface area contributed by atoms with Crippen molar-refractivity contribution in [3.8, 4) is 0 Å². The molecule has 0 aromatic heterocycles. The molecule has 1 saturated heterocycles. The van der Waals surface area contributed by atoms with Crippen molar-refractivity contribution in [2.24, 2.45) is 5.73 Å². The van der Waals surface area contributed by atoms with E-state index in [1.165, 1.54) is 6.42 Å². The highest BCUT2D eigenvalue weighted by Crippen LogP contribution is 2.29. The molecule has 2 nitrogen and oxygen atoms in total. The number of nitrogens with zero attached hydrogens (tertiary/aromatic N) is 1. The monoisotopic (exact) mass is 322 g/mol. The molecule has 6 heteroatoms. The van der Waals surface area contributed by atoms with Gasteiger partial charge in [0.2, 0.25) is 0 Å². The molecule has 1 aliphatic rings. The van der Waals surface area contributed by atoms with Gasteiger partial charge in [-0.15, -0.1) is 12.4 Å². The zero-order chi connectivity index (χ0) is 14.6. The molecule has 120 valence electrons. The minimum atomic E-state index is -4.26. The van der Waals surface area contributed by atoms with Gasteiger partial charge in [0.05, 0.1) is 5.56 Å². The molecule has 0 saturated carbocycles. The van der Waals surface area contributed by atoms with Crippen molar-refractivity contribution < 1.29 is 13.2 Å². The largest absolute Gasteiger partial charge is 0.416 e. The van der Waals surface area contributed by atoms with Gasteiger partial charge in [-0.25, -0.2) is 0 Å². The topological polar surface area (TPSA) is 29.3 Å². The molecule has 1 aliphatic heterocycles. The minimum absolute atomic E-state index is 0. The molecule has 2 rings (SSSR count). The Bertz CT molecular complexity index is 418. The Hall–Kier alpha value is -0.780. The van der Waals surface area contributed by atoms with Crippen molar-refractivity contribution in [1.29, 1.82) is 0 Å². The Morgan fingerprint density at radius 1 is 1.14 bits per heavy atom. The summed E-state index contributed by atoms with van der Waals surface area (Å²) < 4.78 is 37.5. The zero-order valence-corrected chi connectivity index (χ0v) is 12.7. The number of hydrogen-bond acceptors (Lipinski definition) is 2. The number of nitrogens with two attached hydrogens (primary N) is 1. The molecule has 0 radical (unpaired) electrons. The van der Waals surface area contributed by atoms with Crippen LogP contribution in [0.15, 0.2) is 24.3 Å². The number of piperidine rings is 1. The maximum Gasteiger partial charge on any atom is 0.416 e. The van der Waals surface area contributed by atoms with E-state index in [0.29, 0.717) is 19.1 Å². The average molecular weight is 323 g/mol. The normalized spacial score (nSPS) is 20.1. The third-order valence-electron chi connectivity index (χ3n) is 3.92. The summed E-state index contributed by atoms with van der Waals surface area (Å²) in [7, 11) is 0. The third kappa shape index (κ3) is 5.16. The molecular weight excluding hydrogens is 301 g/mol. The summed E-state index contributed by atoms with van der Waals surface area (Å²) in [6.45, 7) is 2.38. The second-order valence-electron chi connectivity index (χ2n) is 5.39. The molecule has 1 fully saturated rings. The summed E-state index contributed by atoms with van der Waals surface area (Å²) in [5.74, 6) is 0. The SMILES string of the molecule is Cl.NCCC1CCCCN1Cc1ccc(C(F)(F)F)cc1. The predicted molar refractivity (Wildman–Crippen MR) is 80.4 cm³/mol. The highest BCUT2D eigenvalue weighted by Gasteiger charge is 2.30. The molecular formula is C15H22ClF3N2. The Morgan fingerprint density at radius 3 is 2.38 bits per heavy atom. The fraction of sp³-hybridized carbons (Fsp3) is 0.600. The third-order valence-corrected chi connectivity index (χ3v) is 3.92. The van der Waals surface area contributed by atoms with Crippen LogP contribution in [0.2, 0.25) is 0 Å². The van der Waals surface area contributed by atoms with Crippen molar-refractivity contribution in [1.82, 2.24) is 4.90 Å². The highest BCUT2D eigenvalue weighted by molar-refractivity contribution is 5.85. The Labute approximate surface area is 129 Å². The lowest BCUT2D eigenvalue weighted by atomic mass is 9.98. The van der Waals surface area contributed by atoms with Gasteiger partial charge in [-0.1, -0.05) is 18.6 Å². The summed E-state index contributed by atoms with van der Waals surface area (Å²) in [5, 5.41) is 0. The molecule has 1 atom stereocenters. The van der Waals surface area contributed by atoms with Crippen molar-refractivity contribution in [3.63, 3.8) is 0 Å². The standard InChI is InChI=1S/C15H21F3N2.ClH/c16-15(17,18)13-6-4-12(5-7-13)11-20-10-2-1-3-14(20)8-9-19;/h4-7,14H,1-3,8-11,19H2;1H. The molecule has 1 aromatic carbocycles. The van der Waals surface area contributed by atoms with Crippen LogP contribution in [0, 0.1) is 0 Å². The van der Waals surface area contributed by atoms with E-state index in [9.17, 15) is 13.2 Å². The van der Waals surface area contributed by atoms with E-state index in [4.69, 9.17) is 5.73 Å². The van der Waals surface area contributed by atoms with Gasteiger partial charge in [0.25, 0.3) is 0 Å². The van der Waals surface area contributed by atoms with Crippen LogP contribution in [0.25, 0.3) is 0 Å². The van der Waals surface area contributed by atoms with Gasteiger partial charge in [0, 0.05) is 12.6 Å². The van der Waals surface area contributed by atoms with Crippen LogP contribution in [0.4, 0.5) is 13.2 Å². The van der Waals surface area contributed by atoms with Crippen molar-refractivity contribution in [3.05, 3.63) is 35.4 Å². The van der Waals surface area contributed by atoms with Crippen molar-refractivity contribution >= 4 is 12.4 Å². The first-order chi connectivity index (χ1) is 9.50. The Kier molecular flexibility index (Phi) is 6.97. The maximum atomic E-state index is 12.5. The van der Waals surface area contributed by atoms with E-state index >= 15 is 0 Å². The molecule has 1 unspecified atom stereocenters. The van der Waals surface area contributed by atoms with E-state index < -0.39 is 11.7 Å². The second-order valence-corrected chi connectivity index (χ2v) is 5.39. The smallest absolute Gasteiger partial charge is 0.330 e. The van der Waals surface area contributed by atoms with Crippen molar-refractivity contribution in [2.75, 3.05) is 13.1 Å². The Balaban J connectivity index is 0.00000220. The number of likely N-dealkylation sites (tertiary alicyclic amines) is 1. The van der Waals surface area contributed by atoms with Crippen LogP contribution in [-0.4, -0.2) is 24.0 Å². The molecule has 1 heterocycles. The van der Waals surface area contributed by atoms with Crippen LogP contribution in [0.1, 0.15) is 36.8 Å². The summed E-state index contributed by atoms with van der Waals surface area (Å²) in [6.07, 6.45) is 0.208. The second kappa shape index (κ2) is 8.01. The van der Waals surface area contributed by atoms with E-state index in [0.717, 1.165) is 43.5 Å². The summed E-state index contributed by atoms with van der Waals surface area (Å²) in [4.78, 5) is 2.35. The fourth-order valence-corrected chi connectivity index (χ4v) is 2.82. The van der Waals surface area contributed by atoms with Crippen LogP contribution >= 0.6 is 12.4 Å². The summed E-state index contributed by atoms with van der Waals surface area (Å²) >= 11 is 0. The lowest BCUT2D eigenvalue weighted by Gasteiger charge is -2.35. The average Bonchev–Trinajstić information content (AvgIpc) is 2.41. The van der Waals surface area contributed by atoms with Gasteiger partial charge in [-0.3, -0.25) is 4.90 Å². The predicted octanol–water partition coefficient (Wildman–Crippen LogP) is 3.83.